The molecule has 0 bridgehead atoms. The van der Waals surface area contributed by atoms with Crippen LogP contribution in [-0.4, -0.2) is 37.4 Å². The number of nitrogens with zero attached hydrogens (tertiary/aromatic N) is 1. The van der Waals surface area contributed by atoms with Crippen LogP contribution in [0.1, 0.15) is 70.4 Å². The third-order valence-electron chi connectivity index (χ3n) is 6.43. The van der Waals surface area contributed by atoms with Gasteiger partial charge in [-0.05, 0) is 0 Å². The van der Waals surface area contributed by atoms with Crippen LogP contribution in [0.5, 0.6) is 0 Å². The van der Waals surface area contributed by atoms with Gasteiger partial charge in [0.2, 0.25) is 0 Å². The Morgan fingerprint density at radius 2 is 1.45 bits per heavy atom. The summed E-state index contributed by atoms with van der Waals surface area (Å²) in [7, 11) is 4.23. The fourth-order valence-corrected chi connectivity index (χ4v) is 19.6. The minimum absolute atomic E-state index is 0.887. The van der Waals surface area contributed by atoms with Crippen LogP contribution in [-0.2, 0) is 6.54 Å². The number of hydrogen-bond acceptors (Lipinski definition) is 3. The monoisotopic (exact) mass is 574 g/mol. The Hall–Kier alpha value is -0.911. The maximum atomic E-state index is 6.55. The Kier molecular flexibility index (Phi) is 13.0. The van der Waals surface area contributed by atoms with E-state index < -0.39 is 18.4 Å². The number of benzene rings is 2. The van der Waals surface area contributed by atoms with Crippen LogP contribution >= 0.6 is 11.8 Å². The van der Waals surface area contributed by atoms with Gasteiger partial charge in [-0.3, -0.25) is 0 Å². The Morgan fingerprint density at radius 3 is 2.00 bits per heavy atom. The van der Waals surface area contributed by atoms with Gasteiger partial charge in [-0.25, -0.2) is 0 Å². The predicted molar refractivity (Wildman–Crippen MR) is 153 cm³/mol. The first-order valence-electron chi connectivity index (χ1n) is 12.9. The Morgan fingerprint density at radius 1 is 0.848 bits per heavy atom. The zero-order valence-electron chi connectivity index (χ0n) is 21.7. The summed E-state index contributed by atoms with van der Waals surface area (Å²) in [5.41, 5.74) is 10.1. The van der Waals surface area contributed by atoms with Crippen molar-refractivity contribution in [2.45, 2.75) is 88.9 Å². The van der Waals surface area contributed by atoms with Gasteiger partial charge in [0, 0.05) is 0 Å². The van der Waals surface area contributed by atoms with Gasteiger partial charge in [0.1, 0.15) is 0 Å². The molecule has 0 aliphatic carbocycles. The normalized spacial score (nSPS) is 12.2. The van der Waals surface area contributed by atoms with Crippen molar-refractivity contribution in [2.24, 2.45) is 0 Å². The molecule has 0 fully saturated rings. The van der Waals surface area contributed by atoms with Gasteiger partial charge in [0.25, 0.3) is 0 Å². The zero-order chi connectivity index (χ0) is 24.1. The van der Waals surface area contributed by atoms with E-state index >= 15 is 0 Å². The summed E-state index contributed by atoms with van der Waals surface area (Å²) in [4.78, 5) is 4.65. The van der Waals surface area contributed by atoms with Crippen LogP contribution in [0.4, 0.5) is 5.69 Å². The summed E-state index contributed by atoms with van der Waals surface area (Å²) in [6.07, 6.45) is 10.6. The van der Waals surface area contributed by atoms with Crippen LogP contribution in [0.2, 0.25) is 13.3 Å². The Bertz CT molecular complexity index is 841. The molecule has 182 valence electrons. The summed E-state index contributed by atoms with van der Waals surface area (Å²) < 4.78 is 7.26. The van der Waals surface area contributed by atoms with Gasteiger partial charge in [0.15, 0.2) is 0 Å². The van der Waals surface area contributed by atoms with Crippen molar-refractivity contribution in [3.05, 3.63) is 57.7 Å². The van der Waals surface area contributed by atoms with Crippen molar-refractivity contribution in [3.63, 3.8) is 0 Å². The second kappa shape index (κ2) is 15.2. The number of rotatable bonds is 15. The zero-order valence-corrected chi connectivity index (χ0v) is 25.4. The van der Waals surface area contributed by atoms with Gasteiger partial charge in [-0.15, -0.1) is 0 Å². The van der Waals surface area contributed by atoms with Crippen molar-refractivity contribution >= 4 is 41.9 Å². The molecule has 4 heteroatoms. The molecule has 2 rings (SSSR count). The molecule has 0 unspecified atom stereocenters. The van der Waals surface area contributed by atoms with E-state index in [9.17, 15) is 0 Å². The topological polar surface area (TPSA) is 29.3 Å². The molecular weight excluding hydrogens is 527 g/mol. The van der Waals surface area contributed by atoms with Crippen LogP contribution in [0.3, 0.4) is 0 Å². The standard InChI is InChI=1S/C17H19N2S.3C4H9.Sn/c1-4-13-9-10-17(15(18)11-13)20-16-8-6-5-7-14(16)12-19(2)3;3*1-3-4-2;/h1,4-11H,12,18H2,2-3H3;3*1,3-4H2,2H3;. The first-order valence-corrected chi connectivity index (χ1v) is 21.4. The molecule has 0 amide bonds. The molecule has 0 radical (unpaired) electrons. The Labute approximate surface area is 212 Å². The van der Waals surface area contributed by atoms with Crippen LogP contribution < -0.4 is 5.73 Å². The van der Waals surface area contributed by atoms with Crippen molar-refractivity contribution in [1.29, 1.82) is 0 Å². The number of nitrogen functional groups attached to an aromatic ring is 1. The molecule has 0 saturated carbocycles. The van der Waals surface area contributed by atoms with E-state index in [-0.39, 0.29) is 0 Å². The first-order chi connectivity index (χ1) is 15.9. The van der Waals surface area contributed by atoms with Crippen LogP contribution in [0.15, 0.2) is 56.3 Å². The quantitative estimate of drug-likeness (QED) is 0.171. The minimum atomic E-state index is -2.27. The third-order valence-corrected chi connectivity index (χ3v) is 21.7. The van der Waals surface area contributed by atoms with Crippen molar-refractivity contribution in [3.8, 4) is 0 Å². The van der Waals surface area contributed by atoms with Crippen LogP contribution in [0.25, 0.3) is 6.08 Å². The molecule has 0 heterocycles. The van der Waals surface area contributed by atoms with Gasteiger partial charge >= 0.3 is 213 Å². The summed E-state index contributed by atoms with van der Waals surface area (Å²) in [5.74, 6) is 0. The molecule has 2 nitrogen and oxygen atoms in total. The second-order valence-corrected chi connectivity index (χ2v) is 23.8. The third kappa shape index (κ3) is 9.70. The molecule has 33 heavy (non-hydrogen) atoms. The molecule has 0 aromatic heterocycles. The van der Waals surface area contributed by atoms with Crippen LogP contribution in [0, 0.1) is 0 Å². The molecule has 2 aromatic rings. The fraction of sp³-hybridized carbons (Fsp3) is 0.517. The molecule has 2 N–H and O–H groups in total. The van der Waals surface area contributed by atoms with Crippen molar-refractivity contribution < 1.29 is 0 Å². The van der Waals surface area contributed by atoms with Gasteiger partial charge < -0.3 is 0 Å². The van der Waals surface area contributed by atoms with Crippen molar-refractivity contribution in [1.82, 2.24) is 4.90 Å². The summed E-state index contributed by atoms with van der Waals surface area (Å²) in [6, 6.07) is 15.3. The molecule has 0 saturated heterocycles. The SMILES string of the molecule is CCC[CH2][Sn](/[CH]=C/c1ccc(Sc2ccccc2CN(C)C)c(N)c1)([CH2]CCC)[CH2]CCC. The second-order valence-electron chi connectivity index (χ2n) is 9.75. The van der Waals surface area contributed by atoms with E-state index in [0.29, 0.717) is 0 Å². The number of nitrogens with two attached hydrogens (primary N) is 1. The van der Waals surface area contributed by atoms with Gasteiger partial charge in [0.05, 0.1) is 0 Å². The molecule has 0 atom stereocenters. The van der Waals surface area contributed by atoms with E-state index in [0.717, 1.165) is 17.1 Å². The Balaban J connectivity index is 2.23. The summed E-state index contributed by atoms with van der Waals surface area (Å²) in [5, 5.41) is 0. The summed E-state index contributed by atoms with van der Waals surface area (Å²) in [6.45, 7) is 7.96. The van der Waals surface area contributed by atoms with E-state index in [2.05, 4.69) is 92.4 Å². The number of unbranched alkanes of at least 4 members (excludes halogenated alkanes) is 3. The van der Waals surface area contributed by atoms with E-state index in [4.69, 9.17) is 5.73 Å². The van der Waals surface area contributed by atoms with E-state index in [1.165, 1.54) is 67.9 Å². The summed E-state index contributed by atoms with van der Waals surface area (Å²) >= 11 is -0.480. The van der Waals surface area contributed by atoms with Crippen molar-refractivity contribution in [2.75, 3.05) is 19.8 Å². The number of hydrogen-bond donors (Lipinski definition) is 1. The molecule has 2 aromatic carbocycles. The van der Waals surface area contributed by atoms with Gasteiger partial charge in [-0.2, -0.15) is 0 Å². The maximum absolute atomic E-state index is 6.55. The first kappa shape index (κ1) is 28.3. The molecule has 0 aliphatic heterocycles. The van der Waals surface area contributed by atoms with Gasteiger partial charge in [-0.1, -0.05) is 0 Å². The molecular formula is C29H46N2SSn. The average Bonchev–Trinajstić information content (AvgIpc) is 2.80. The number of anilines is 1. The average molecular weight is 573 g/mol. The molecule has 0 aliphatic rings. The van der Waals surface area contributed by atoms with E-state index in [1.54, 1.807) is 11.8 Å². The van der Waals surface area contributed by atoms with E-state index in [1.807, 2.05) is 0 Å². The molecule has 0 spiro atoms. The predicted octanol–water partition coefficient (Wildman–Crippen LogP) is 8.88. The fourth-order valence-electron chi connectivity index (χ4n) is 4.44.